The van der Waals surface area contributed by atoms with Gasteiger partial charge >= 0.3 is 0 Å². The van der Waals surface area contributed by atoms with E-state index in [2.05, 4.69) is 22.6 Å². The number of rotatable bonds is 8. The lowest BCUT2D eigenvalue weighted by Gasteiger charge is -2.14. The number of carbonyl (C=O) groups excluding carboxylic acids is 1. The van der Waals surface area contributed by atoms with Crippen molar-refractivity contribution in [2.75, 3.05) is 26.9 Å². The Hall–Kier alpha value is -1.78. The molecule has 0 aliphatic carbocycles. The Morgan fingerprint density at radius 2 is 1.87 bits per heavy atom. The van der Waals surface area contributed by atoms with E-state index in [0.717, 1.165) is 14.9 Å². The van der Waals surface area contributed by atoms with Gasteiger partial charge in [0.1, 0.15) is 23.3 Å². The van der Waals surface area contributed by atoms with Crippen molar-refractivity contribution in [3.8, 4) is 17.2 Å². The predicted molar refractivity (Wildman–Crippen MR) is 133 cm³/mol. The van der Waals surface area contributed by atoms with Crippen molar-refractivity contribution in [3.63, 3.8) is 0 Å². The lowest BCUT2D eigenvalue weighted by atomic mass is 10.2. The molecule has 1 fully saturated rings. The minimum atomic E-state index is -0.0601. The standard InChI is InChI=1S/C22H22INO4S2/c1-4-24-21(25)19(30-22(24)29)13-15-11-17(23)20(18(12-15)26-3)28-10-9-27-16-7-5-14(2)6-8-16/h5-8,11-13H,4,9-10H2,1-3H3/b19-13-. The van der Waals surface area contributed by atoms with Crippen LogP contribution in [0.25, 0.3) is 6.08 Å². The molecule has 1 heterocycles. The summed E-state index contributed by atoms with van der Waals surface area (Å²) in [4.78, 5) is 14.7. The van der Waals surface area contributed by atoms with Crippen molar-refractivity contribution in [3.05, 3.63) is 56.0 Å². The summed E-state index contributed by atoms with van der Waals surface area (Å²) in [6.45, 7) is 5.32. The third-order valence-electron chi connectivity index (χ3n) is 4.36. The lowest BCUT2D eigenvalue weighted by molar-refractivity contribution is -0.121. The summed E-state index contributed by atoms with van der Waals surface area (Å²) in [6, 6.07) is 11.7. The highest BCUT2D eigenvalue weighted by Gasteiger charge is 2.30. The maximum absolute atomic E-state index is 12.4. The first-order valence-electron chi connectivity index (χ1n) is 9.38. The summed E-state index contributed by atoms with van der Waals surface area (Å²) in [5.74, 6) is 2.01. The number of thioether (sulfide) groups is 1. The minimum Gasteiger partial charge on any atom is -0.493 e. The second-order valence-electron chi connectivity index (χ2n) is 6.47. The van der Waals surface area contributed by atoms with Crippen molar-refractivity contribution in [1.82, 2.24) is 4.90 Å². The first-order valence-corrected chi connectivity index (χ1v) is 11.7. The number of nitrogens with zero attached hydrogens (tertiary/aromatic N) is 1. The van der Waals surface area contributed by atoms with E-state index in [1.807, 2.05) is 56.3 Å². The number of carbonyl (C=O) groups is 1. The molecule has 8 heteroatoms. The van der Waals surface area contributed by atoms with E-state index in [4.69, 9.17) is 26.4 Å². The van der Waals surface area contributed by atoms with Crippen LogP contribution in [0.15, 0.2) is 41.3 Å². The van der Waals surface area contributed by atoms with Crippen molar-refractivity contribution in [1.29, 1.82) is 0 Å². The van der Waals surface area contributed by atoms with Crippen molar-refractivity contribution < 1.29 is 19.0 Å². The smallest absolute Gasteiger partial charge is 0.266 e. The lowest BCUT2D eigenvalue weighted by Crippen LogP contribution is -2.27. The van der Waals surface area contributed by atoms with Gasteiger partial charge < -0.3 is 14.2 Å². The second kappa shape index (κ2) is 10.5. The number of thiocarbonyl (C=S) groups is 1. The minimum absolute atomic E-state index is 0.0601. The van der Waals surface area contributed by atoms with Crippen LogP contribution in [0.1, 0.15) is 18.1 Å². The van der Waals surface area contributed by atoms with Crippen LogP contribution >= 0.6 is 46.6 Å². The van der Waals surface area contributed by atoms with Crippen LogP contribution in [0.5, 0.6) is 17.2 Å². The number of amides is 1. The van der Waals surface area contributed by atoms with Gasteiger partial charge in [0.25, 0.3) is 5.91 Å². The van der Waals surface area contributed by atoms with Gasteiger partial charge in [0.15, 0.2) is 11.5 Å². The summed E-state index contributed by atoms with van der Waals surface area (Å²) in [7, 11) is 1.60. The Morgan fingerprint density at radius 3 is 2.50 bits per heavy atom. The fourth-order valence-electron chi connectivity index (χ4n) is 2.82. The fourth-order valence-corrected chi connectivity index (χ4v) is 4.99. The molecule has 0 unspecified atom stereocenters. The average Bonchev–Trinajstić information content (AvgIpc) is 2.99. The van der Waals surface area contributed by atoms with E-state index < -0.39 is 0 Å². The van der Waals surface area contributed by atoms with Gasteiger partial charge in [0, 0.05) is 6.54 Å². The molecule has 0 bridgehead atoms. The van der Waals surface area contributed by atoms with Gasteiger partial charge in [-0.2, -0.15) is 0 Å². The molecule has 30 heavy (non-hydrogen) atoms. The largest absolute Gasteiger partial charge is 0.493 e. The number of methoxy groups -OCH3 is 1. The zero-order chi connectivity index (χ0) is 21.7. The van der Waals surface area contributed by atoms with E-state index >= 15 is 0 Å². The Labute approximate surface area is 199 Å². The topological polar surface area (TPSA) is 48.0 Å². The monoisotopic (exact) mass is 555 g/mol. The number of likely N-dealkylation sites (N-methyl/N-ethyl adjacent to an activating group) is 1. The van der Waals surface area contributed by atoms with Crippen LogP contribution in [0.4, 0.5) is 0 Å². The highest BCUT2D eigenvalue weighted by molar-refractivity contribution is 14.1. The molecule has 1 amide bonds. The number of hydrogen-bond acceptors (Lipinski definition) is 6. The zero-order valence-electron chi connectivity index (χ0n) is 16.9. The molecule has 158 valence electrons. The van der Waals surface area contributed by atoms with Crippen LogP contribution < -0.4 is 14.2 Å². The third-order valence-corrected chi connectivity index (χ3v) is 6.54. The molecule has 2 aromatic rings. The zero-order valence-corrected chi connectivity index (χ0v) is 20.7. The summed E-state index contributed by atoms with van der Waals surface area (Å²) >= 11 is 8.80. The molecule has 0 radical (unpaired) electrons. The molecule has 5 nitrogen and oxygen atoms in total. The first kappa shape index (κ1) is 22.9. The predicted octanol–water partition coefficient (Wildman–Crippen LogP) is 5.29. The van der Waals surface area contributed by atoms with E-state index in [1.54, 1.807) is 12.0 Å². The number of benzene rings is 2. The van der Waals surface area contributed by atoms with Gasteiger partial charge in [0.2, 0.25) is 0 Å². The first-order chi connectivity index (χ1) is 14.4. The van der Waals surface area contributed by atoms with Crippen LogP contribution in [0.2, 0.25) is 0 Å². The molecule has 1 aliphatic rings. The van der Waals surface area contributed by atoms with Crippen LogP contribution in [0, 0.1) is 10.5 Å². The van der Waals surface area contributed by atoms with Crippen LogP contribution in [-0.4, -0.2) is 42.0 Å². The van der Waals surface area contributed by atoms with Crippen LogP contribution in [-0.2, 0) is 4.79 Å². The summed E-state index contributed by atoms with van der Waals surface area (Å²) in [6.07, 6.45) is 1.84. The van der Waals surface area contributed by atoms with Gasteiger partial charge in [-0.25, -0.2) is 0 Å². The van der Waals surface area contributed by atoms with E-state index in [-0.39, 0.29) is 5.91 Å². The number of ether oxygens (including phenoxy) is 3. The second-order valence-corrected chi connectivity index (χ2v) is 9.31. The molecule has 0 aromatic heterocycles. The number of aryl methyl sites for hydroxylation is 1. The summed E-state index contributed by atoms with van der Waals surface area (Å²) in [5.41, 5.74) is 2.05. The maximum Gasteiger partial charge on any atom is 0.266 e. The van der Waals surface area contributed by atoms with E-state index in [9.17, 15) is 4.79 Å². The fraction of sp³-hybridized carbons (Fsp3) is 0.273. The Morgan fingerprint density at radius 1 is 1.17 bits per heavy atom. The highest BCUT2D eigenvalue weighted by Crippen LogP contribution is 2.37. The van der Waals surface area contributed by atoms with Crippen molar-refractivity contribution >= 4 is 62.9 Å². The van der Waals surface area contributed by atoms with Crippen molar-refractivity contribution in [2.24, 2.45) is 0 Å². The molecule has 0 N–H and O–H groups in total. The van der Waals surface area contributed by atoms with Gasteiger partial charge in [-0.3, -0.25) is 9.69 Å². The third kappa shape index (κ3) is 5.47. The molecule has 3 rings (SSSR count). The Bertz CT molecular complexity index is 976. The van der Waals surface area contributed by atoms with Crippen molar-refractivity contribution in [2.45, 2.75) is 13.8 Å². The normalized spacial score (nSPS) is 15.1. The Kier molecular flexibility index (Phi) is 8.01. The molecule has 2 aromatic carbocycles. The molecule has 0 atom stereocenters. The highest BCUT2D eigenvalue weighted by atomic mass is 127. The summed E-state index contributed by atoms with van der Waals surface area (Å²) < 4.78 is 18.6. The molecule has 0 spiro atoms. The summed E-state index contributed by atoms with van der Waals surface area (Å²) in [5, 5.41) is 0. The quantitative estimate of drug-likeness (QED) is 0.191. The van der Waals surface area contributed by atoms with E-state index in [1.165, 1.54) is 17.3 Å². The molecular weight excluding hydrogens is 533 g/mol. The number of hydrogen-bond donors (Lipinski definition) is 0. The van der Waals surface area contributed by atoms with Crippen LogP contribution in [0.3, 0.4) is 0 Å². The molecule has 1 saturated heterocycles. The van der Waals surface area contributed by atoms with Gasteiger partial charge in [-0.1, -0.05) is 41.7 Å². The van der Waals surface area contributed by atoms with Gasteiger partial charge in [0.05, 0.1) is 15.6 Å². The van der Waals surface area contributed by atoms with E-state index in [0.29, 0.717) is 40.5 Å². The van der Waals surface area contributed by atoms with Gasteiger partial charge in [-0.05, 0) is 72.3 Å². The molecular formula is C22H22INO4S2. The Balaban J connectivity index is 1.68. The molecule has 0 saturated carbocycles. The average molecular weight is 555 g/mol. The SMILES string of the molecule is CCN1C(=O)/C(=C/c2cc(I)c(OCCOc3ccc(C)cc3)c(OC)c2)SC1=S. The number of halogens is 1. The van der Waals surface area contributed by atoms with Gasteiger partial charge in [-0.15, -0.1) is 0 Å². The maximum atomic E-state index is 12.4. The molecule has 1 aliphatic heterocycles.